The van der Waals surface area contributed by atoms with E-state index < -0.39 is 0 Å². The molecule has 0 saturated carbocycles. The third kappa shape index (κ3) is 2.80. The maximum atomic E-state index is 5.40. The second kappa shape index (κ2) is 6.66. The average molecular weight is 323 g/mol. The van der Waals surface area contributed by atoms with Crippen LogP contribution in [0, 0.1) is 0 Å². The lowest BCUT2D eigenvalue weighted by Gasteiger charge is -2.12. The first kappa shape index (κ1) is 15.9. The largest absolute Gasteiger partial charge is 0.493 e. The van der Waals surface area contributed by atoms with Gasteiger partial charge in [0.2, 0.25) is 0 Å². The number of nitrogens with zero attached hydrogens (tertiary/aromatic N) is 1. The van der Waals surface area contributed by atoms with Crippen molar-refractivity contribution in [3.8, 4) is 22.8 Å². The zero-order valence-corrected chi connectivity index (χ0v) is 14.3. The first-order chi connectivity index (χ1) is 11.7. The molecule has 124 valence electrons. The zero-order valence-electron chi connectivity index (χ0n) is 14.3. The van der Waals surface area contributed by atoms with E-state index in [1.807, 2.05) is 32.3 Å². The molecule has 0 unspecified atom stereocenters. The maximum absolute atomic E-state index is 5.40. The van der Waals surface area contributed by atoms with Gasteiger partial charge in [0.25, 0.3) is 0 Å². The quantitative estimate of drug-likeness (QED) is 0.743. The number of methoxy groups -OCH3 is 2. The van der Waals surface area contributed by atoms with E-state index in [0.29, 0.717) is 11.5 Å². The van der Waals surface area contributed by atoms with Gasteiger partial charge in [0.15, 0.2) is 11.5 Å². The predicted molar refractivity (Wildman–Crippen MR) is 99.4 cm³/mol. The number of fused-ring (bicyclic) bond motifs is 1. The Kier molecular flexibility index (Phi) is 4.42. The van der Waals surface area contributed by atoms with Crippen LogP contribution in [-0.4, -0.2) is 33.3 Å². The molecule has 24 heavy (non-hydrogen) atoms. The molecule has 0 spiro atoms. The van der Waals surface area contributed by atoms with Crippen molar-refractivity contribution in [3.05, 3.63) is 42.5 Å². The molecule has 3 rings (SSSR count). The second-order valence-corrected chi connectivity index (χ2v) is 5.36. The van der Waals surface area contributed by atoms with Gasteiger partial charge < -0.3 is 20.1 Å². The number of nitrogens with one attached hydrogen (secondary N) is 2. The van der Waals surface area contributed by atoms with Crippen molar-refractivity contribution in [1.29, 1.82) is 0 Å². The van der Waals surface area contributed by atoms with Crippen LogP contribution in [0.15, 0.2) is 42.5 Å². The lowest BCUT2D eigenvalue weighted by atomic mass is 10.1. The van der Waals surface area contributed by atoms with Crippen molar-refractivity contribution in [2.75, 3.05) is 38.9 Å². The summed E-state index contributed by atoms with van der Waals surface area (Å²) in [4.78, 5) is 4.76. The molecular formula is C19H21N3O2. The van der Waals surface area contributed by atoms with Gasteiger partial charge in [-0.3, -0.25) is 0 Å². The van der Waals surface area contributed by atoms with Crippen LogP contribution in [-0.2, 0) is 0 Å². The third-order valence-electron chi connectivity index (χ3n) is 4.04. The molecule has 0 atom stereocenters. The van der Waals surface area contributed by atoms with Crippen molar-refractivity contribution < 1.29 is 9.47 Å². The molecular weight excluding hydrogens is 302 g/mol. The van der Waals surface area contributed by atoms with E-state index in [2.05, 4.69) is 34.9 Å². The molecule has 0 saturated heterocycles. The average Bonchev–Trinajstić information content (AvgIpc) is 2.65. The van der Waals surface area contributed by atoms with Gasteiger partial charge in [-0.05, 0) is 41.8 Å². The van der Waals surface area contributed by atoms with Crippen LogP contribution >= 0.6 is 0 Å². The SMILES string of the molecule is CNc1ccc2cc(-c3ccc(OC)c(OC)c3)nc(NC)c2c1. The van der Waals surface area contributed by atoms with Crippen LogP contribution in [0.4, 0.5) is 11.5 Å². The Morgan fingerprint density at radius 1 is 0.833 bits per heavy atom. The molecule has 0 amide bonds. The van der Waals surface area contributed by atoms with Gasteiger partial charge in [0.1, 0.15) is 5.82 Å². The van der Waals surface area contributed by atoms with Gasteiger partial charge in [0, 0.05) is 30.7 Å². The van der Waals surface area contributed by atoms with E-state index in [-0.39, 0.29) is 0 Å². The molecule has 5 heteroatoms. The van der Waals surface area contributed by atoms with Crippen LogP contribution in [0.25, 0.3) is 22.0 Å². The fourth-order valence-corrected chi connectivity index (χ4v) is 2.74. The van der Waals surface area contributed by atoms with Gasteiger partial charge >= 0.3 is 0 Å². The van der Waals surface area contributed by atoms with Crippen molar-refractivity contribution in [2.45, 2.75) is 0 Å². The van der Waals surface area contributed by atoms with E-state index >= 15 is 0 Å². The summed E-state index contributed by atoms with van der Waals surface area (Å²) in [7, 11) is 7.05. The highest BCUT2D eigenvalue weighted by Gasteiger charge is 2.11. The first-order valence-electron chi connectivity index (χ1n) is 7.73. The lowest BCUT2D eigenvalue weighted by Crippen LogP contribution is -1.97. The van der Waals surface area contributed by atoms with E-state index in [4.69, 9.17) is 14.5 Å². The summed E-state index contributed by atoms with van der Waals surface area (Å²) in [6.45, 7) is 0. The molecule has 1 heterocycles. The standard InChI is InChI=1S/C19H21N3O2/c1-20-14-7-5-12-9-16(22-19(21-2)15(12)11-14)13-6-8-17(23-3)18(10-13)24-4/h5-11,20H,1-4H3,(H,21,22). The predicted octanol–water partition coefficient (Wildman–Crippen LogP) is 4.00. The Labute approximate surface area is 141 Å². The highest BCUT2D eigenvalue weighted by molar-refractivity contribution is 5.96. The summed E-state index contributed by atoms with van der Waals surface area (Å²) in [5.74, 6) is 2.23. The fourth-order valence-electron chi connectivity index (χ4n) is 2.74. The summed E-state index contributed by atoms with van der Waals surface area (Å²) >= 11 is 0. The van der Waals surface area contributed by atoms with E-state index in [9.17, 15) is 0 Å². The molecule has 0 aliphatic rings. The van der Waals surface area contributed by atoms with Crippen LogP contribution in [0.2, 0.25) is 0 Å². The second-order valence-electron chi connectivity index (χ2n) is 5.36. The molecule has 0 aliphatic carbocycles. The molecule has 0 bridgehead atoms. The fraction of sp³-hybridized carbons (Fsp3) is 0.211. The van der Waals surface area contributed by atoms with Crippen LogP contribution in [0.1, 0.15) is 0 Å². The minimum atomic E-state index is 0.688. The maximum Gasteiger partial charge on any atom is 0.161 e. The number of hydrogen-bond donors (Lipinski definition) is 2. The summed E-state index contributed by atoms with van der Waals surface area (Å²) in [6, 6.07) is 14.1. The number of pyridine rings is 1. The summed E-state index contributed by atoms with van der Waals surface area (Å²) in [5.41, 5.74) is 2.91. The Balaban J connectivity index is 2.16. The first-order valence-corrected chi connectivity index (χ1v) is 7.73. The van der Waals surface area contributed by atoms with Gasteiger partial charge in [-0.15, -0.1) is 0 Å². The topological polar surface area (TPSA) is 55.4 Å². The van der Waals surface area contributed by atoms with Crippen LogP contribution < -0.4 is 20.1 Å². The Bertz CT molecular complexity index is 878. The van der Waals surface area contributed by atoms with Crippen molar-refractivity contribution in [2.24, 2.45) is 0 Å². The molecule has 5 nitrogen and oxygen atoms in total. The van der Waals surface area contributed by atoms with Crippen molar-refractivity contribution >= 4 is 22.3 Å². The molecule has 3 aromatic rings. The summed E-state index contributed by atoms with van der Waals surface area (Å²) < 4.78 is 10.7. The normalized spacial score (nSPS) is 10.5. The Morgan fingerprint density at radius 2 is 1.62 bits per heavy atom. The third-order valence-corrected chi connectivity index (χ3v) is 4.04. The van der Waals surface area contributed by atoms with Crippen LogP contribution in [0.5, 0.6) is 11.5 Å². The molecule has 2 N–H and O–H groups in total. The van der Waals surface area contributed by atoms with Crippen molar-refractivity contribution in [3.63, 3.8) is 0 Å². The van der Waals surface area contributed by atoms with Crippen LogP contribution in [0.3, 0.4) is 0 Å². The minimum absolute atomic E-state index is 0.688. The number of hydrogen-bond acceptors (Lipinski definition) is 5. The number of aromatic nitrogens is 1. The molecule has 2 aromatic carbocycles. The minimum Gasteiger partial charge on any atom is -0.493 e. The smallest absolute Gasteiger partial charge is 0.161 e. The Morgan fingerprint density at radius 3 is 2.29 bits per heavy atom. The molecule has 0 radical (unpaired) electrons. The summed E-state index contributed by atoms with van der Waals surface area (Å²) in [6.07, 6.45) is 0. The molecule has 0 fully saturated rings. The van der Waals surface area contributed by atoms with Gasteiger partial charge in [-0.1, -0.05) is 6.07 Å². The summed E-state index contributed by atoms with van der Waals surface area (Å²) in [5, 5.41) is 8.55. The Hall–Kier alpha value is -2.95. The zero-order chi connectivity index (χ0) is 17.1. The number of benzene rings is 2. The van der Waals surface area contributed by atoms with Gasteiger partial charge in [-0.25, -0.2) is 4.98 Å². The van der Waals surface area contributed by atoms with Gasteiger partial charge in [0.05, 0.1) is 19.9 Å². The number of rotatable bonds is 5. The number of ether oxygens (including phenoxy) is 2. The van der Waals surface area contributed by atoms with E-state index in [1.54, 1.807) is 14.2 Å². The number of anilines is 2. The van der Waals surface area contributed by atoms with Crippen molar-refractivity contribution in [1.82, 2.24) is 4.98 Å². The van der Waals surface area contributed by atoms with E-state index in [1.165, 1.54) is 0 Å². The van der Waals surface area contributed by atoms with E-state index in [0.717, 1.165) is 33.5 Å². The molecule has 1 aromatic heterocycles. The highest BCUT2D eigenvalue weighted by Crippen LogP contribution is 2.34. The lowest BCUT2D eigenvalue weighted by molar-refractivity contribution is 0.355. The highest BCUT2D eigenvalue weighted by atomic mass is 16.5. The molecule has 0 aliphatic heterocycles. The monoisotopic (exact) mass is 323 g/mol. The van der Waals surface area contributed by atoms with Gasteiger partial charge in [-0.2, -0.15) is 0 Å².